The molecule has 3 fully saturated rings. The third-order valence-electron chi connectivity index (χ3n) is 5.40. The maximum atomic E-state index is 6.32. The molecule has 5 heteroatoms. The van der Waals surface area contributed by atoms with Gasteiger partial charge in [0, 0.05) is 12.3 Å². The molecule has 0 N–H and O–H groups in total. The zero-order valence-electron chi connectivity index (χ0n) is 11.0. The van der Waals surface area contributed by atoms with Gasteiger partial charge in [0.2, 0.25) is 5.89 Å². The number of aryl methyl sites for hydroxylation is 1. The molecule has 0 amide bonds. The van der Waals surface area contributed by atoms with Gasteiger partial charge in [-0.05, 0) is 49.4 Å². The lowest BCUT2D eigenvalue weighted by Crippen LogP contribution is -1.93. The van der Waals surface area contributed by atoms with Gasteiger partial charge in [-0.15, -0.1) is 23.2 Å². The van der Waals surface area contributed by atoms with Crippen molar-refractivity contribution in [2.24, 2.45) is 23.7 Å². The third kappa shape index (κ3) is 1.84. The molecule has 0 saturated heterocycles. The van der Waals surface area contributed by atoms with Crippen LogP contribution in [0.1, 0.15) is 50.2 Å². The van der Waals surface area contributed by atoms with Crippen LogP contribution in [0.2, 0.25) is 0 Å². The molecule has 4 rings (SSSR count). The second-order valence-electron chi connectivity index (χ2n) is 6.30. The SMILES string of the molecule is CCc1noc(C2[C@H]3CC[C@@H]4[C@H](CC[C@H]23)C4(Cl)Cl)n1. The second-order valence-corrected chi connectivity index (χ2v) is 7.74. The van der Waals surface area contributed by atoms with Gasteiger partial charge in [-0.25, -0.2) is 0 Å². The highest BCUT2D eigenvalue weighted by molar-refractivity contribution is 6.51. The van der Waals surface area contributed by atoms with Crippen LogP contribution in [-0.2, 0) is 6.42 Å². The van der Waals surface area contributed by atoms with Gasteiger partial charge in [0.15, 0.2) is 5.82 Å². The van der Waals surface area contributed by atoms with Gasteiger partial charge in [0.1, 0.15) is 4.33 Å². The highest BCUT2D eigenvalue weighted by atomic mass is 35.5. The van der Waals surface area contributed by atoms with Crippen LogP contribution < -0.4 is 0 Å². The average molecular weight is 301 g/mol. The first-order valence-electron chi connectivity index (χ1n) is 7.33. The van der Waals surface area contributed by atoms with Gasteiger partial charge >= 0.3 is 0 Å². The van der Waals surface area contributed by atoms with E-state index in [-0.39, 0.29) is 0 Å². The highest BCUT2D eigenvalue weighted by Gasteiger charge is 2.65. The molecule has 0 aliphatic heterocycles. The predicted molar refractivity (Wildman–Crippen MR) is 73.3 cm³/mol. The fraction of sp³-hybridized carbons (Fsp3) is 0.857. The average Bonchev–Trinajstić information content (AvgIpc) is 3.04. The Balaban J connectivity index is 1.46. The van der Waals surface area contributed by atoms with Crippen LogP contribution in [0.25, 0.3) is 0 Å². The van der Waals surface area contributed by atoms with E-state index in [1.54, 1.807) is 0 Å². The summed E-state index contributed by atoms with van der Waals surface area (Å²) in [5, 5.41) is 4.02. The number of nitrogens with zero attached hydrogens (tertiary/aromatic N) is 2. The lowest BCUT2D eigenvalue weighted by molar-refractivity contribution is 0.366. The summed E-state index contributed by atoms with van der Waals surface area (Å²) in [6.07, 6.45) is 5.58. The van der Waals surface area contributed by atoms with E-state index < -0.39 is 4.33 Å². The van der Waals surface area contributed by atoms with E-state index in [9.17, 15) is 0 Å². The summed E-state index contributed by atoms with van der Waals surface area (Å²) in [6.45, 7) is 2.05. The van der Waals surface area contributed by atoms with Crippen LogP contribution >= 0.6 is 23.2 Å². The first-order valence-corrected chi connectivity index (χ1v) is 8.08. The monoisotopic (exact) mass is 300 g/mol. The van der Waals surface area contributed by atoms with Gasteiger partial charge in [-0.1, -0.05) is 12.1 Å². The number of aromatic nitrogens is 2. The minimum Gasteiger partial charge on any atom is -0.339 e. The van der Waals surface area contributed by atoms with Gasteiger partial charge < -0.3 is 4.52 Å². The summed E-state index contributed by atoms with van der Waals surface area (Å²) in [7, 11) is 0. The minimum absolute atomic E-state index is 0.424. The molecule has 3 aliphatic rings. The Bertz CT molecular complexity index is 479. The molecule has 3 saturated carbocycles. The molecule has 0 bridgehead atoms. The van der Waals surface area contributed by atoms with Gasteiger partial charge in [0.05, 0.1) is 0 Å². The summed E-state index contributed by atoms with van der Waals surface area (Å²) >= 11 is 12.6. The molecule has 1 aromatic heterocycles. The van der Waals surface area contributed by atoms with Crippen molar-refractivity contribution in [3.05, 3.63) is 11.7 Å². The Morgan fingerprint density at radius 2 is 1.79 bits per heavy atom. The van der Waals surface area contributed by atoms with E-state index in [0.717, 1.165) is 42.8 Å². The molecule has 1 heterocycles. The number of halogens is 2. The molecule has 0 spiro atoms. The lowest BCUT2D eigenvalue weighted by Gasteiger charge is -2.03. The molecular weight excluding hydrogens is 283 g/mol. The standard InChI is InChI=1S/C14H18Cl2N2O/c1-2-11-17-13(19-18-11)12-7-3-5-9-10(14(9,15)16)6-4-8(7)12/h7-10,12H,2-6H2,1H3/t7-,8-,9-,10+,12?/m0/s1. The number of rotatable bonds is 2. The van der Waals surface area contributed by atoms with Crippen molar-refractivity contribution in [2.45, 2.75) is 49.3 Å². The Labute approximate surface area is 123 Å². The van der Waals surface area contributed by atoms with E-state index >= 15 is 0 Å². The van der Waals surface area contributed by atoms with Gasteiger partial charge in [-0.3, -0.25) is 0 Å². The maximum Gasteiger partial charge on any atom is 0.230 e. The molecule has 104 valence electrons. The van der Waals surface area contributed by atoms with Gasteiger partial charge in [-0.2, -0.15) is 4.98 Å². The molecule has 3 aliphatic carbocycles. The zero-order valence-corrected chi connectivity index (χ0v) is 12.5. The van der Waals surface area contributed by atoms with Crippen LogP contribution in [0.3, 0.4) is 0 Å². The van der Waals surface area contributed by atoms with E-state index in [2.05, 4.69) is 17.1 Å². The van der Waals surface area contributed by atoms with Crippen LogP contribution in [0.15, 0.2) is 4.52 Å². The zero-order chi connectivity index (χ0) is 13.2. The highest BCUT2D eigenvalue weighted by Crippen LogP contribution is 2.69. The molecule has 19 heavy (non-hydrogen) atoms. The number of fused-ring (bicyclic) bond motifs is 2. The molecular formula is C14H18Cl2N2O. The smallest absolute Gasteiger partial charge is 0.230 e. The van der Waals surface area contributed by atoms with E-state index in [4.69, 9.17) is 27.7 Å². The van der Waals surface area contributed by atoms with Crippen molar-refractivity contribution >= 4 is 23.2 Å². The molecule has 0 aromatic carbocycles. The summed E-state index contributed by atoms with van der Waals surface area (Å²) in [5.74, 6) is 4.68. The van der Waals surface area contributed by atoms with Crippen LogP contribution in [-0.4, -0.2) is 14.5 Å². The summed E-state index contributed by atoms with van der Waals surface area (Å²) in [5.41, 5.74) is 0. The summed E-state index contributed by atoms with van der Waals surface area (Å²) in [4.78, 5) is 4.51. The minimum atomic E-state index is -0.424. The number of alkyl halides is 2. The Morgan fingerprint density at radius 3 is 2.32 bits per heavy atom. The topological polar surface area (TPSA) is 38.9 Å². The third-order valence-corrected chi connectivity index (χ3v) is 6.53. The van der Waals surface area contributed by atoms with Crippen LogP contribution in [0, 0.1) is 23.7 Å². The van der Waals surface area contributed by atoms with Gasteiger partial charge in [0.25, 0.3) is 0 Å². The predicted octanol–water partition coefficient (Wildman–Crippen LogP) is 3.96. The van der Waals surface area contributed by atoms with Crippen molar-refractivity contribution < 1.29 is 4.52 Å². The molecule has 5 atom stereocenters. The van der Waals surface area contributed by atoms with Crippen molar-refractivity contribution in [3.63, 3.8) is 0 Å². The van der Waals surface area contributed by atoms with Crippen molar-refractivity contribution in [3.8, 4) is 0 Å². The fourth-order valence-corrected chi connectivity index (χ4v) is 5.06. The maximum absolute atomic E-state index is 6.32. The normalized spacial score (nSPS) is 42.8. The summed E-state index contributed by atoms with van der Waals surface area (Å²) in [6, 6.07) is 0. The Kier molecular flexibility index (Phi) is 2.69. The van der Waals surface area contributed by atoms with Crippen LogP contribution in [0.4, 0.5) is 0 Å². The van der Waals surface area contributed by atoms with E-state index in [1.165, 1.54) is 12.8 Å². The summed E-state index contributed by atoms with van der Waals surface area (Å²) < 4.78 is 4.99. The lowest BCUT2D eigenvalue weighted by atomic mass is 10.0. The largest absolute Gasteiger partial charge is 0.339 e. The molecule has 0 radical (unpaired) electrons. The van der Waals surface area contributed by atoms with Crippen molar-refractivity contribution in [2.75, 3.05) is 0 Å². The number of hydrogen-bond donors (Lipinski definition) is 0. The molecule has 1 unspecified atom stereocenters. The second kappa shape index (κ2) is 4.11. The van der Waals surface area contributed by atoms with Crippen molar-refractivity contribution in [1.29, 1.82) is 0 Å². The molecule has 1 aromatic rings. The number of hydrogen-bond acceptors (Lipinski definition) is 3. The molecule has 3 nitrogen and oxygen atoms in total. The van der Waals surface area contributed by atoms with E-state index in [1.807, 2.05) is 0 Å². The first kappa shape index (κ1) is 12.5. The van der Waals surface area contributed by atoms with Crippen LogP contribution in [0.5, 0.6) is 0 Å². The first-order chi connectivity index (χ1) is 9.13. The Morgan fingerprint density at radius 1 is 1.16 bits per heavy atom. The van der Waals surface area contributed by atoms with E-state index in [0.29, 0.717) is 17.8 Å². The Hall–Kier alpha value is -0.280. The fourth-order valence-electron chi connectivity index (χ4n) is 4.14. The van der Waals surface area contributed by atoms with Crippen molar-refractivity contribution in [1.82, 2.24) is 10.1 Å². The quantitative estimate of drug-likeness (QED) is 0.776.